The second-order valence-electron chi connectivity index (χ2n) is 4.84. The van der Waals surface area contributed by atoms with Crippen LogP contribution in [0.1, 0.15) is 24.1 Å². The van der Waals surface area contributed by atoms with E-state index in [1.54, 1.807) is 0 Å². The molecule has 21 heavy (non-hydrogen) atoms. The van der Waals surface area contributed by atoms with Crippen molar-refractivity contribution >= 4 is 0 Å². The quantitative estimate of drug-likeness (QED) is 0.916. The van der Waals surface area contributed by atoms with E-state index >= 15 is 0 Å². The molecule has 0 saturated heterocycles. The second-order valence-corrected chi connectivity index (χ2v) is 4.84. The Balaban J connectivity index is 1.87. The maximum atomic E-state index is 5.48. The molecule has 0 spiro atoms. The van der Waals surface area contributed by atoms with Crippen LogP contribution in [-0.4, -0.2) is 20.4 Å². The summed E-state index contributed by atoms with van der Waals surface area (Å²) in [5, 5.41) is 3.34. The zero-order valence-corrected chi connectivity index (χ0v) is 12.3. The highest BCUT2D eigenvalue weighted by atomic mass is 16.7. The number of rotatable bonds is 5. The Morgan fingerprint density at radius 3 is 2.48 bits per heavy atom. The highest BCUT2D eigenvalue weighted by molar-refractivity contribution is 5.47. The molecule has 0 fully saturated rings. The van der Waals surface area contributed by atoms with E-state index in [9.17, 15) is 0 Å². The lowest BCUT2D eigenvalue weighted by molar-refractivity contribution is 0.174. The molecule has 1 heterocycles. The Bertz CT molecular complexity index is 610. The van der Waals surface area contributed by atoms with Crippen LogP contribution in [0.2, 0.25) is 0 Å². The van der Waals surface area contributed by atoms with Crippen LogP contribution in [-0.2, 0) is 0 Å². The average Bonchev–Trinajstić information content (AvgIpc) is 2.98. The topological polar surface area (TPSA) is 39.7 Å². The van der Waals surface area contributed by atoms with Crippen LogP contribution >= 0.6 is 0 Å². The molecular formula is C17H19NO3. The number of hydrogen-bond acceptors (Lipinski definition) is 4. The molecule has 4 heteroatoms. The molecule has 1 aliphatic rings. The van der Waals surface area contributed by atoms with Crippen LogP contribution in [0, 0.1) is 0 Å². The molecule has 110 valence electrons. The Labute approximate surface area is 124 Å². The third-order valence-corrected chi connectivity index (χ3v) is 3.54. The van der Waals surface area contributed by atoms with Gasteiger partial charge in [0.05, 0.1) is 12.6 Å². The zero-order valence-electron chi connectivity index (χ0n) is 12.3. The Morgan fingerprint density at radius 2 is 1.76 bits per heavy atom. The second kappa shape index (κ2) is 6.06. The van der Waals surface area contributed by atoms with Gasteiger partial charge in [-0.05, 0) is 49.4 Å². The van der Waals surface area contributed by atoms with E-state index in [0.29, 0.717) is 13.4 Å². The van der Waals surface area contributed by atoms with Gasteiger partial charge >= 0.3 is 0 Å². The number of hydrogen-bond donors (Lipinski definition) is 1. The van der Waals surface area contributed by atoms with Crippen LogP contribution in [0.5, 0.6) is 17.2 Å². The first kappa shape index (κ1) is 13.8. The smallest absolute Gasteiger partial charge is 0.231 e. The summed E-state index contributed by atoms with van der Waals surface area (Å²) >= 11 is 0. The Hall–Kier alpha value is -2.20. The van der Waals surface area contributed by atoms with Crippen molar-refractivity contribution in [1.82, 2.24) is 5.32 Å². The first-order valence-electron chi connectivity index (χ1n) is 7.11. The molecule has 4 nitrogen and oxygen atoms in total. The lowest BCUT2D eigenvalue weighted by Gasteiger charge is -2.18. The summed E-state index contributed by atoms with van der Waals surface area (Å²) in [6, 6.07) is 14.3. The van der Waals surface area contributed by atoms with Crippen LogP contribution in [0.4, 0.5) is 0 Å². The summed E-state index contributed by atoms with van der Waals surface area (Å²) in [7, 11) is 1.95. The van der Waals surface area contributed by atoms with Crippen molar-refractivity contribution in [3.8, 4) is 17.2 Å². The highest BCUT2D eigenvalue weighted by Crippen LogP contribution is 2.35. The van der Waals surface area contributed by atoms with Crippen molar-refractivity contribution in [2.45, 2.75) is 13.0 Å². The minimum Gasteiger partial charge on any atom is -0.494 e. The molecule has 0 aromatic heterocycles. The summed E-state index contributed by atoms with van der Waals surface area (Å²) in [6.07, 6.45) is 0. The molecule has 1 aliphatic heterocycles. The molecule has 1 atom stereocenters. The van der Waals surface area contributed by atoms with Gasteiger partial charge in [-0.1, -0.05) is 18.2 Å². The van der Waals surface area contributed by atoms with Gasteiger partial charge in [-0.25, -0.2) is 0 Å². The van der Waals surface area contributed by atoms with Crippen LogP contribution in [0.15, 0.2) is 42.5 Å². The SMILES string of the molecule is CCOc1ccc(C(NC)c2ccc3c(c2)OCO3)cc1. The molecular weight excluding hydrogens is 266 g/mol. The number of nitrogens with one attached hydrogen (secondary N) is 1. The normalized spacial score (nSPS) is 14.0. The molecule has 2 aromatic rings. The molecule has 1 unspecified atom stereocenters. The molecule has 0 radical (unpaired) electrons. The standard InChI is InChI=1S/C17H19NO3/c1-3-19-14-7-4-12(5-8-14)17(18-2)13-6-9-15-16(10-13)21-11-20-15/h4-10,17-18H,3,11H2,1-2H3. The van der Waals surface area contributed by atoms with Crippen molar-refractivity contribution in [2.75, 3.05) is 20.4 Å². The fourth-order valence-electron chi connectivity index (χ4n) is 2.54. The number of benzene rings is 2. The van der Waals surface area contributed by atoms with Gasteiger partial charge in [0, 0.05) is 0 Å². The maximum absolute atomic E-state index is 5.48. The van der Waals surface area contributed by atoms with E-state index in [-0.39, 0.29) is 6.04 Å². The minimum atomic E-state index is 0.107. The van der Waals surface area contributed by atoms with Crippen LogP contribution in [0.25, 0.3) is 0 Å². The van der Waals surface area contributed by atoms with Crippen molar-refractivity contribution in [3.05, 3.63) is 53.6 Å². The minimum absolute atomic E-state index is 0.107. The van der Waals surface area contributed by atoms with E-state index in [2.05, 4.69) is 23.5 Å². The van der Waals surface area contributed by atoms with Crippen molar-refractivity contribution in [1.29, 1.82) is 0 Å². The van der Waals surface area contributed by atoms with Gasteiger partial charge < -0.3 is 19.5 Å². The largest absolute Gasteiger partial charge is 0.494 e. The van der Waals surface area contributed by atoms with Gasteiger partial charge in [0.1, 0.15) is 5.75 Å². The molecule has 3 rings (SSSR count). The predicted octanol–water partition coefficient (Wildman–Crippen LogP) is 3.12. The summed E-state index contributed by atoms with van der Waals surface area (Å²) in [5.41, 5.74) is 2.32. The van der Waals surface area contributed by atoms with Gasteiger partial charge in [-0.2, -0.15) is 0 Å². The number of ether oxygens (including phenoxy) is 3. The summed E-state index contributed by atoms with van der Waals surface area (Å²) < 4.78 is 16.3. The van der Waals surface area contributed by atoms with E-state index in [0.717, 1.165) is 22.8 Å². The van der Waals surface area contributed by atoms with Gasteiger partial charge in [-0.15, -0.1) is 0 Å². The van der Waals surface area contributed by atoms with Gasteiger partial charge in [0.2, 0.25) is 6.79 Å². The third kappa shape index (κ3) is 2.81. The van der Waals surface area contributed by atoms with E-state index in [1.807, 2.05) is 38.2 Å². The lowest BCUT2D eigenvalue weighted by Crippen LogP contribution is -2.17. The summed E-state index contributed by atoms with van der Waals surface area (Å²) in [4.78, 5) is 0. The molecule has 0 aliphatic carbocycles. The average molecular weight is 285 g/mol. The fourth-order valence-corrected chi connectivity index (χ4v) is 2.54. The van der Waals surface area contributed by atoms with E-state index in [4.69, 9.17) is 14.2 Å². The summed E-state index contributed by atoms with van der Waals surface area (Å²) in [6.45, 7) is 2.96. The molecule has 0 bridgehead atoms. The van der Waals surface area contributed by atoms with Crippen LogP contribution in [0.3, 0.4) is 0 Å². The zero-order chi connectivity index (χ0) is 14.7. The number of fused-ring (bicyclic) bond motifs is 1. The molecule has 0 saturated carbocycles. The van der Waals surface area contributed by atoms with Gasteiger partial charge in [0.15, 0.2) is 11.5 Å². The van der Waals surface area contributed by atoms with Crippen molar-refractivity contribution in [3.63, 3.8) is 0 Å². The Morgan fingerprint density at radius 1 is 1.05 bits per heavy atom. The first-order valence-corrected chi connectivity index (χ1v) is 7.11. The van der Waals surface area contributed by atoms with Gasteiger partial charge in [0.25, 0.3) is 0 Å². The highest BCUT2D eigenvalue weighted by Gasteiger charge is 2.18. The third-order valence-electron chi connectivity index (χ3n) is 3.54. The molecule has 2 aromatic carbocycles. The maximum Gasteiger partial charge on any atom is 0.231 e. The predicted molar refractivity (Wildman–Crippen MR) is 81.1 cm³/mol. The van der Waals surface area contributed by atoms with E-state index in [1.165, 1.54) is 5.56 Å². The van der Waals surface area contributed by atoms with Crippen LogP contribution < -0.4 is 19.5 Å². The molecule has 1 N–H and O–H groups in total. The van der Waals surface area contributed by atoms with Gasteiger partial charge in [-0.3, -0.25) is 0 Å². The molecule has 0 amide bonds. The monoisotopic (exact) mass is 285 g/mol. The first-order chi connectivity index (χ1) is 10.3. The Kier molecular flexibility index (Phi) is 3.97. The summed E-state index contributed by atoms with van der Waals surface area (Å²) in [5.74, 6) is 2.50. The fraction of sp³-hybridized carbons (Fsp3) is 0.294. The lowest BCUT2D eigenvalue weighted by atomic mass is 9.98. The van der Waals surface area contributed by atoms with E-state index < -0.39 is 0 Å². The van der Waals surface area contributed by atoms with Crippen molar-refractivity contribution < 1.29 is 14.2 Å². The van der Waals surface area contributed by atoms with Crippen molar-refractivity contribution in [2.24, 2.45) is 0 Å².